The van der Waals surface area contributed by atoms with Crippen LogP contribution in [0.25, 0.3) is 0 Å². The van der Waals surface area contributed by atoms with Crippen LogP contribution in [0.15, 0.2) is 52.0 Å². The molecule has 7 nitrogen and oxygen atoms in total. The lowest BCUT2D eigenvalue weighted by molar-refractivity contribution is -0.121. The van der Waals surface area contributed by atoms with E-state index in [2.05, 4.69) is 42.5 Å². The molecule has 2 N–H and O–H groups in total. The summed E-state index contributed by atoms with van der Waals surface area (Å²) in [7, 11) is 0. The Morgan fingerprint density at radius 3 is 2.69 bits per heavy atom. The lowest BCUT2D eigenvalue weighted by Gasteiger charge is -2.30. The van der Waals surface area contributed by atoms with Gasteiger partial charge in [-0.1, -0.05) is 12.1 Å². The van der Waals surface area contributed by atoms with Crippen molar-refractivity contribution in [3.8, 4) is 6.07 Å². The van der Waals surface area contributed by atoms with Crippen LogP contribution in [-0.2, 0) is 9.59 Å². The molecular formula is C23H26BrN5O2S. The molecule has 1 aromatic heterocycles. The van der Waals surface area contributed by atoms with Gasteiger partial charge >= 0.3 is 0 Å². The zero-order chi connectivity index (χ0) is 22.9. The minimum atomic E-state index is -0.0843. The fourth-order valence-electron chi connectivity index (χ4n) is 3.37. The number of aromatic nitrogens is 1. The third-order valence-electron chi connectivity index (χ3n) is 5.17. The summed E-state index contributed by atoms with van der Waals surface area (Å²) in [5.41, 5.74) is 0.768. The first kappa shape index (κ1) is 24.2. The van der Waals surface area contributed by atoms with Gasteiger partial charge in [-0.3, -0.25) is 14.5 Å². The number of halogens is 1. The van der Waals surface area contributed by atoms with Gasteiger partial charge in [-0.05, 0) is 73.1 Å². The molecule has 1 saturated heterocycles. The molecule has 32 heavy (non-hydrogen) atoms. The fourth-order valence-corrected chi connectivity index (χ4v) is 4.56. The number of amides is 2. The highest BCUT2D eigenvalue weighted by Crippen LogP contribution is 2.28. The standard InChI is InChI=1S/C23H26BrN5O2S/c1-16(12-25)15-32-20-5-3-2-4-19(20)27-22(30)14-29-10-8-17(9-11-29)23(31)28-21-7-6-18(24)13-26-21/h2-7,13,16-17H,8-11,14-15H2,1H3,(H,27,30)(H,26,28,31). The van der Waals surface area contributed by atoms with E-state index < -0.39 is 0 Å². The van der Waals surface area contributed by atoms with Crippen LogP contribution < -0.4 is 10.6 Å². The van der Waals surface area contributed by atoms with E-state index in [-0.39, 0.29) is 30.2 Å². The smallest absolute Gasteiger partial charge is 0.238 e. The largest absolute Gasteiger partial charge is 0.324 e. The molecule has 0 spiro atoms. The average molecular weight is 516 g/mol. The molecule has 2 heterocycles. The van der Waals surface area contributed by atoms with Crippen molar-refractivity contribution in [2.24, 2.45) is 11.8 Å². The highest BCUT2D eigenvalue weighted by Gasteiger charge is 2.26. The Morgan fingerprint density at radius 2 is 2.00 bits per heavy atom. The van der Waals surface area contributed by atoms with E-state index in [9.17, 15) is 9.59 Å². The third kappa shape index (κ3) is 7.33. The molecule has 9 heteroatoms. The van der Waals surface area contributed by atoms with E-state index in [0.717, 1.165) is 15.1 Å². The predicted molar refractivity (Wildman–Crippen MR) is 130 cm³/mol. The van der Waals surface area contributed by atoms with E-state index in [1.54, 1.807) is 24.0 Å². The van der Waals surface area contributed by atoms with Gasteiger partial charge in [-0.15, -0.1) is 11.8 Å². The lowest BCUT2D eigenvalue weighted by Crippen LogP contribution is -2.41. The van der Waals surface area contributed by atoms with Gasteiger partial charge in [-0.2, -0.15) is 5.26 Å². The van der Waals surface area contributed by atoms with Gasteiger partial charge in [0, 0.05) is 27.2 Å². The maximum atomic E-state index is 12.6. The monoisotopic (exact) mass is 515 g/mol. The van der Waals surface area contributed by atoms with Gasteiger partial charge in [0.25, 0.3) is 0 Å². The SMILES string of the molecule is CC(C#N)CSc1ccccc1NC(=O)CN1CCC(C(=O)Nc2ccc(Br)cn2)CC1. The minimum Gasteiger partial charge on any atom is -0.324 e. The molecule has 1 atom stereocenters. The number of hydrogen-bond acceptors (Lipinski definition) is 6. The van der Waals surface area contributed by atoms with Gasteiger partial charge in [0.1, 0.15) is 5.82 Å². The number of pyridine rings is 1. The number of nitrogens with zero attached hydrogens (tertiary/aromatic N) is 3. The second-order valence-corrected chi connectivity index (χ2v) is 9.76. The number of carbonyl (C=O) groups is 2. The fraction of sp³-hybridized carbons (Fsp3) is 0.391. The summed E-state index contributed by atoms with van der Waals surface area (Å²) in [6.07, 6.45) is 3.06. The molecule has 1 fully saturated rings. The first-order chi connectivity index (χ1) is 15.4. The van der Waals surface area contributed by atoms with Crippen LogP contribution in [-0.4, -0.2) is 47.1 Å². The van der Waals surface area contributed by atoms with E-state index in [4.69, 9.17) is 5.26 Å². The number of carbonyl (C=O) groups excluding carboxylic acids is 2. The maximum Gasteiger partial charge on any atom is 0.238 e. The number of benzene rings is 1. The summed E-state index contributed by atoms with van der Waals surface area (Å²) in [5.74, 6) is 0.977. The molecule has 168 valence electrons. The molecule has 0 radical (unpaired) electrons. The van der Waals surface area contributed by atoms with Crippen molar-refractivity contribution >= 4 is 51.0 Å². The number of rotatable bonds is 8. The second-order valence-electron chi connectivity index (χ2n) is 7.79. The van der Waals surface area contributed by atoms with Crippen LogP contribution in [0.2, 0.25) is 0 Å². The van der Waals surface area contributed by atoms with Crippen molar-refractivity contribution in [3.63, 3.8) is 0 Å². The molecule has 0 bridgehead atoms. The Labute approximate surface area is 201 Å². The van der Waals surface area contributed by atoms with Gasteiger partial charge in [0.2, 0.25) is 11.8 Å². The van der Waals surface area contributed by atoms with Crippen LogP contribution in [0, 0.1) is 23.2 Å². The number of likely N-dealkylation sites (tertiary alicyclic amines) is 1. The van der Waals surface area contributed by atoms with Crippen molar-refractivity contribution in [3.05, 3.63) is 47.1 Å². The summed E-state index contributed by atoms with van der Waals surface area (Å²) in [6, 6.07) is 13.5. The summed E-state index contributed by atoms with van der Waals surface area (Å²) in [6.45, 7) is 3.55. The topological polar surface area (TPSA) is 98.1 Å². The third-order valence-corrected chi connectivity index (χ3v) is 6.98. The molecule has 2 amide bonds. The van der Waals surface area contributed by atoms with Crippen molar-refractivity contribution < 1.29 is 9.59 Å². The highest BCUT2D eigenvalue weighted by molar-refractivity contribution is 9.10. The van der Waals surface area contributed by atoms with Crippen LogP contribution in [0.4, 0.5) is 11.5 Å². The Morgan fingerprint density at radius 1 is 1.25 bits per heavy atom. The molecule has 0 saturated carbocycles. The maximum absolute atomic E-state index is 12.6. The highest BCUT2D eigenvalue weighted by atomic mass is 79.9. The number of anilines is 2. The summed E-state index contributed by atoms with van der Waals surface area (Å²) >= 11 is 4.90. The second kappa shape index (κ2) is 12.0. The first-order valence-electron chi connectivity index (χ1n) is 10.5. The van der Waals surface area contributed by atoms with Crippen LogP contribution in [0.5, 0.6) is 0 Å². The van der Waals surface area contributed by atoms with Crippen molar-refractivity contribution in [1.29, 1.82) is 5.26 Å². The van der Waals surface area contributed by atoms with E-state index in [0.29, 0.717) is 37.5 Å². The average Bonchev–Trinajstić information content (AvgIpc) is 2.80. The molecule has 3 rings (SSSR count). The number of nitriles is 1. The van der Waals surface area contributed by atoms with Gasteiger partial charge in [0.15, 0.2) is 0 Å². The molecule has 1 aromatic carbocycles. The van der Waals surface area contributed by atoms with E-state index >= 15 is 0 Å². The van der Waals surface area contributed by atoms with Crippen molar-refractivity contribution in [1.82, 2.24) is 9.88 Å². The number of nitrogens with one attached hydrogen (secondary N) is 2. The summed E-state index contributed by atoms with van der Waals surface area (Å²) < 4.78 is 0.861. The Hall–Kier alpha value is -2.41. The van der Waals surface area contributed by atoms with Crippen molar-refractivity contribution in [2.45, 2.75) is 24.7 Å². The Bertz CT molecular complexity index is 971. The van der Waals surface area contributed by atoms with Gasteiger partial charge in [-0.25, -0.2) is 4.98 Å². The minimum absolute atomic E-state index is 0.0264. The zero-order valence-corrected chi connectivity index (χ0v) is 20.3. The number of para-hydroxylation sites is 1. The van der Waals surface area contributed by atoms with Crippen LogP contribution in [0.1, 0.15) is 19.8 Å². The number of thioether (sulfide) groups is 1. The molecule has 1 unspecified atom stereocenters. The van der Waals surface area contributed by atoms with E-state index in [1.807, 2.05) is 37.3 Å². The molecular weight excluding hydrogens is 490 g/mol. The lowest BCUT2D eigenvalue weighted by atomic mass is 9.96. The molecule has 0 aliphatic carbocycles. The molecule has 1 aliphatic rings. The molecule has 2 aromatic rings. The predicted octanol–water partition coefficient (Wildman–Crippen LogP) is 4.39. The van der Waals surface area contributed by atoms with Gasteiger partial charge in [0.05, 0.1) is 24.2 Å². The van der Waals surface area contributed by atoms with Crippen LogP contribution >= 0.6 is 27.7 Å². The Balaban J connectivity index is 1.45. The first-order valence-corrected chi connectivity index (χ1v) is 12.3. The number of hydrogen-bond donors (Lipinski definition) is 2. The Kier molecular flexibility index (Phi) is 9.09. The van der Waals surface area contributed by atoms with E-state index in [1.165, 1.54) is 0 Å². The van der Waals surface area contributed by atoms with Crippen molar-refractivity contribution in [2.75, 3.05) is 36.0 Å². The van der Waals surface area contributed by atoms with Gasteiger partial charge < -0.3 is 10.6 Å². The quantitative estimate of drug-likeness (QED) is 0.506. The molecule has 1 aliphatic heterocycles. The summed E-state index contributed by atoms with van der Waals surface area (Å²) in [4.78, 5) is 32.3. The zero-order valence-electron chi connectivity index (χ0n) is 17.9. The van der Waals surface area contributed by atoms with Crippen LogP contribution in [0.3, 0.4) is 0 Å². The summed E-state index contributed by atoms with van der Waals surface area (Å²) in [5, 5.41) is 14.8. The number of piperidine rings is 1. The normalized spacial score (nSPS) is 15.5.